The van der Waals surface area contributed by atoms with Gasteiger partial charge in [-0.25, -0.2) is 8.42 Å². The summed E-state index contributed by atoms with van der Waals surface area (Å²) in [5, 5.41) is 11.3. The number of nitrogens with one attached hydrogen (secondary N) is 1. The molecule has 0 amide bonds. The van der Waals surface area contributed by atoms with Crippen LogP contribution in [0.25, 0.3) is 0 Å². The van der Waals surface area contributed by atoms with Crippen LogP contribution in [0.15, 0.2) is 114 Å². The minimum atomic E-state index is -3.92. The van der Waals surface area contributed by atoms with E-state index in [4.69, 9.17) is 4.74 Å². The van der Waals surface area contributed by atoms with E-state index in [1.807, 2.05) is 43.3 Å². The zero-order chi connectivity index (χ0) is 27.0. The Balaban J connectivity index is 0.00000420. The number of aliphatic hydroxyl groups is 1. The summed E-state index contributed by atoms with van der Waals surface area (Å²) in [7, 11) is -2.35. The molecule has 0 bridgehead atoms. The number of anilines is 1. The number of sulfonamides is 1. The smallest absolute Gasteiger partial charge is 0.264 e. The summed E-state index contributed by atoms with van der Waals surface area (Å²) in [5.74, 6) is 0.628. The van der Waals surface area contributed by atoms with Crippen LogP contribution in [0.5, 0.6) is 5.75 Å². The predicted molar refractivity (Wildman–Crippen MR) is 151 cm³/mol. The van der Waals surface area contributed by atoms with Gasteiger partial charge >= 0.3 is 0 Å². The first-order valence-electron chi connectivity index (χ1n) is 12.7. The van der Waals surface area contributed by atoms with E-state index in [1.165, 1.54) is 4.31 Å². The van der Waals surface area contributed by atoms with Gasteiger partial charge in [-0.3, -0.25) is 4.31 Å². The lowest BCUT2D eigenvalue weighted by atomic mass is 10.1. The molecule has 4 aromatic rings. The quantitative estimate of drug-likeness (QED) is 0.267. The third-order valence-corrected chi connectivity index (χ3v) is 8.27. The molecule has 0 radical (unpaired) electrons. The molecule has 0 fully saturated rings. The van der Waals surface area contributed by atoms with E-state index < -0.39 is 16.1 Å². The molecular weight excluding hydrogens is 532 g/mol. The first-order chi connectivity index (χ1) is 18.3. The third-order valence-electron chi connectivity index (χ3n) is 6.46. The number of aliphatic hydroxyl groups excluding tert-OH is 1. The van der Waals surface area contributed by atoms with Crippen molar-refractivity contribution in [2.45, 2.75) is 31.0 Å². The second kappa shape index (κ2) is 14.1. The molecule has 0 heterocycles. The fraction of sp³-hybridized carbons (Fsp3) is 0.226. The van der Waals surface area contributed by atoms with Gasteiger partial charge in [0.25, 0.3) is 10.0 Å². The molecule has 0 saturated heterocycles. The minimum Gasteiger partial charge on any atom is -1.00 e. The van der Waals surface area contributed by atoms with Crippen molar-refractivity contribution in [2.75, 3.05) is 24.5 Å². The van der Waals surface area contributed by atoms with Crippen molar-refractivity contribution < 1.29 is 35.6 Å². The number of quaternary nitrogens is 1. The maximum atomic E-state index is 13.8. The van der Waals surface area contributed by atoms with Crippen LogP contribution in [0.1, 0.15) is 16.7 Å². The van der Waals surface area contributed by atoms with E-state index in [2.05, 4.69) is 24.3 Å². The first-order valence-corrected chi connectivity index (χ1v) is 14.1. The van der Waals surface area contributed by atoms with Crippen molar-refractivity contribution in [1.29, 1.82) is 0 Å². The van der Waals surface area contributed by atoms with E-state index in [1.54, 1.807) is 55.6 Å². The molecule has 4 aromatic carbocycles. The highest BCUT2D eigenvalue weighted by Gasteiger charge is 2.29. The zero-order valence-electron chi connectivity index (χ0n) is 22.2. The summed E-state index contributed by atoms with van der Waals surface area (Å²) in [6.45, 7) is 3.63. The molecule has 206 valence electrons. The molecule has 0 spiro atoms. The van der Waals surface area contributed by atoms with Crippen molar-refractivity contribution in [3.8, 4) is 5.75 Å². The number of hydrogen-bond donors (Lipinski definition) is 2. The summed E-state index contributed by atoms with van der Waals surface area (Å²) < 4.78 is 34.1. The van der Waals surface area contributed by atoms with Crippen LogP contribution in [0.2, 0.25) is 0 Å². The number of halogens is 1. The van der Waals surface area contributed by atoms with Crippen LogP contribution in [-0.4, -0.2) is 39.8 Å². The highest BCUT2D eigenvalue weighted by atomic mass is 35.5. The van der Waals surface area contributed by atoms with E-state index in [0.717, 1.165) is 21.6 Å². The average molecular weight is 567 g/mol. The van der Waals surface area contributed by atoms with Gasteiger partial charge in [0, 0.05) is 11.1 Å². The highest BCUT2D eigenvalue weighted by molar-refractivity contribution is 7.92. The Morgan fingerprint density at radius 3 is 1.79 bits per heavy atom. The molecule has 0 saturated carbocycles. The Labute approximate surface area is 237 Å². The maximum Gasteiger partial charge on any atom is 0.264 e. The van der Waals surface area contributed by atoms with E-state index in [0.29, 0.717) is 31.1 Å². The van der Waals surface area contributed by atoms with E-state index in [9.17, 15) is 13.5 Å². The minimum absolute atomic E-state index is 0. The Morgan fingerprint density at radius 2 is 1.31 bits per heavy atom. The number of nitrogens with zero attached hydrogens (tertiary/aromatic N) is 1. The average Bonchev–Trinajstić information content (AvgIpc) is 2.93. The lowest BCUT2D eigenvalue weighted by Crippen LogP contribution is -3.10. The summed E-state index contributed by atoms with van der Waals surface area (Å²) in [6, 6.07) is 33.9. The van der Waals surface area contributed by atoms with Gasteiger partial charge in [0.2, 0.25) is 0 Å². The SMILES string of the molecule is COc1ccc(N(CC(O)C[NH+](Cc2ccccc2)Cc2ccccc2)S(=O)(=O)c2ccc(C)cc2)cc1.[Cl-]. The molecule has 39 heavy (non-hydrogen) atoms. The van der Waals surface area contributed by atoms with E-state index >= 15 is 0 Å². The second-order valence-electron chi connectivity index (χ2n) is 9.48. The van der Waals surface area contributed by atoms with Crippen molar-refractivity contribution >= 4 is 15.7 Å². The molecule has 0 aliphatic rings. The van der Waals surface area contributed by atoms with Gasteiger partial charge in [-0.1, -0.05) is 78.4 Å². The molecule has 8 heteroatoms. The molecular formula is C31H35ClN2O4S. The molecule has 4 rings (SSSR count). The fourth-order valence-corrected chi connectivity index (χ4v) is 6.00. The molecule has 6 nitrogen and oxygen atoms in total. The molecule has 2 N–H and O–H groups in total. The molecule has 1 unspecified atom stereocenters. The van der Waals surface area contributed by atoms with Crippen molar-refractivity contribution in [2.24, 2.45) is 0 Å². The number of hydrogen-bond acceptors (Lipinski definition) is 4. The topological polar surface area (TPSA) is 71.3 Å². The summed E-state index contributed by atoms with van der Waals surface area (Å²) in [4.78, 5) is 1.32. The third kappa shape index (κ3) is 8.31. The normalized spacial score (nSPS) is 12.0. The first kappa shape index (κ1) is 30.2. The van der Waals surface area contributed by atoms with Gasteiger partial charge in [0.15, 0.2) is 0 Å². The van der Waals surface area contributed by atoms with Crippen LogP contribution in [0.4, 0.5) is 5.69 Å². The lowest BCUT2D eigenvalue weighted by Gasteiger charge is -2.29. The molecule has 0 aliphatic carbocycles. The largest absolute Gasteiger partial charge is 1.00 e. The van der Waals surface area contributed by atoms with Gasteiger partial charge in [-0.15, -0.1) is 0 Å². The lowest BCUT2D eigenvalue weighted by molar-refractivity contribution is -0.930. The fourth-order valence-electron chi connectivity index (χ4n) is 4.49. The monoisotopic (exact) mass is 566 g/mol. The van der Waals surface area contributed by atoms with Gasteiger partial charge in [-0.05, 0) is 43.3 Å². The Morgan fingerprint density at radius 1 is 0.795 bits per heavy atom. The van der Waals surface area contributed by atoms with Gasteiger partial charge in [-0.2, -0.15) is 0 Å². The van der Waals surface area contributed by atoms with Crippen LogP contribution < -0.4 is 26.3 Å². The van der Waals surface area contributed by atoms with Crippen molar-refractivity contribution in [3.05, 3.63) is 126 Å². The highest BCUT2D eigenvalue weighted by Crippen LogP contribution is 2.26. The van der Waals surface area contributed by atoms with Crippen molar-refractivity contribution in [1.82, 2.24) is 0 Å². The van der Waals surface area contributed by atoms with Crippen LogP contribution in [-0.2, 0) is 23.1 Å². The number of benzene rings is 4. The maximum absolute atomic E-state index is 13.8. The predicted octanol–water partition coefficient (Wildman–Crippen LogP) is 0.849. The number of aryl methyl sites for hydroxylation is 1. The Kier molecular flexibility index (Phi) is 10.9. The zero-order valence-corrected chi connectivity index (χ0v) is 23.8. The molecule has 0 aliphatic heterocycles. The van der Waals surface area contributed by atoms with Gasteiger partial charge in [0.05, 0.1) is 24.2 Å². The molecule has 0 aromatic heterocycles. The summed E-state index contributed by atoms with van der Waals surface area (Å²) in [5.41, 5.74) is 3.76. The van der Waals surface area contributed by atoms with E-state index in [-0.39, 0.29) is 23.8 Å². The van der Waals surface area contributed by atoms with Crippen LogP contribution in [0.3, 0.4) is 0 Å². The van der Waals surface area contributed by atoms with Crippen molar-refractivity contribution in [3.63, 3.8) is 0 Å². The molecule has 1 atom stereocenters. The van der Waals surface area contributed by atoms with Gasteiger partial charge in [0.1, 0.15) is 31.5 Å². The van der Waals surface area contributed by atoms with Crippen LogP contribution in [0, 0.1) is 6.92 Å². The standard InChI is InChI=1S/C31H34N2O4S.ClH/c1-25-13-19-31(20-14-25)38(35,36)33(28-15-17-30(37-2)18-16-28)24-29(34)23-32(21-26-9-5-3-6-10-26)22-27-11-7-4-8-12-27;/h3-20,29,34H,21-24H2,1-2H3;1H. The number of methoxy groups -OCH3 is 1. The Bertz CT molecular complexity index is 1340. The number of rotatable bonds is 12. The van der Waals surface area contributed by atoms with Crippen LogP contribution >= 0.6 is 0 Å². The summed E-state index contributed by atoms with van der Waals surface area (Å²) in [6.07, 6.45) is -0.903. The second-order valence-corrected chi connectivity index (χ2v) is 11.3. The number of ether oxygens (including phenoxy) is 1. The van der Waals surface area contributed by atoms with Gasteiger partial charge < -0.3 is 27.2 Å². The Hall–Kier alpha value is -3.36. The summed E-state index contributed by atoms with van der Waals surface area (Å²) >= 11 is 0.